The minimum Gasteiger partial charge on any atom is -0.493 e. The van der Waals surface area contributed by atoms with E-state index in [1.165, 1.54) is 0 Å². The Labute approximate surface area is 113 Å². The smallest absolute Gasteiger partial charge is 0.278 e. The van der Waals surface area contributed by atoms with Crippen LogP contribution in [-0.2, 0) is 11.3 Å². The second kappa shape index (κ2) is 6.43. The first-order valence-electron chi connectivity index (χ1n) is 6.56. The summed E-state index contributed by atoms with van der Waals surface area (Å²) >= 11 is 0. The maximum atomic E-state index is 11.9. The van der Waals surface area contributed by atoms with Crippen LogP contribution in [0.1, 0.15) is 18.4 Å². The van der Waals surface area contributed by atoms with Crippen LogP contribution in [0, 0.1) is 0 Å². The van der Waals surface area contributed by atoms with Crippen molar-refractivity contribution in [1.82, 2.24) is 5.32 Å². The SMILES string of the molecule is COc1ccc(CNC(=O)[C@@H]2CCC[NH2+]2)cc1OC. The molecule has 104 valence electrons. The third-order valence-corrected chi connectivity index (χ3v) is 3.42. The molecule has 1 heterocycles. The van der Waals surface area contributed by atoms with Crippen molar-refractivity contribution in [3.63, 3.8) is 0 Å². The minimum absolute atomic E-state index is 0.0835. The van der Waals surface area contributed by atoms with E-state index >= 15 is 0 Å². The van der Waals surface area contributed by atoms with Crippen LogP contribution in [0.2, 0.25) is 0 Å². The lowest BCUT2D eigenvalue weighted by atomic mass is 10.2. The molecule has 19 heavy (non-hydrogen) atoms. The Morgan fingerprint density at radius 1 is 1.37 bits per heavy atom. The number of quaternary nitrogens is 1. The van der Waals surface area contributed by atoms with Gasteiger partial charge in [-0.1, -0.05) is 6.07 Å². The van der Waals surface area contributed by atoms with Crippen LogP contribution in [0.3, 0.4) is 0 Å². The Morgan fingerprint density at radius 3 is 2.79 bits per heavy atom. The van der Waals surface area contributed by atoms with Crippen molar-refractivity contribution in [2.24, 2.45) is 0 Å². The standard InChI is InChI=1S/C14H20N2O3/c1-18-12-6-5-10(8-13(12)19-2)9-16-14(17)11-4-3-7-15-11/h5-6,8,11,15H,3-4,7,9H2,1-2H3,(H,16,17)/p+1/t11-/m0/s1. The van der Waals surface area contributed by atoms with E-state index < -0.39 is 0 Å². The van der Waals surface area contributed by atoms with Gasteiger partial charge in [-0.05, 0) is 17.7 Å². The van der Waals surface area contributed by atoms with Gasteiger partial charge >= 0.3 is 0 Å². The number of benzene rings is 1. The highest BCUT2D eigenvalue weighted by Gasteiger charge is 2.25. The molecule has 3 N–H and O–H groups in total. The van der Waals surface area contributed by atoms with Crippen molar-refractivity contribution < 1.29 is 19.6 Å². The van der Waals surface area contributed by atoms with E-state index in [-0.39, 0.29) is 11.9 Å². The number of nitrogens with one attached hydrogen (secondary N) is 1. The summed E-state index contributed by atoms with van der Waals surface area (Å²) in [5, 5.41) is 5.06. The summed E-state index contributed by atoms with van der Waals surface area (Å²) in [7, 11) is 3.21. The normalized spacial score (nSPS) is 18.1. The quantitative estimate of drug-likeness (QED) is 0.790. The minimum atomic E-state index is 0.0835. The summed E-state index contributed by atoms with van der Waals surface area (Å²) < 4.78 is 10.4. The molecule has 1 aliphatic rings. The first kappa shape index (κ1) is 13.7. The van der Waals surface area contributed by atoms with Gasteiger partial charge in [-0.15, -0.1) is 0 Å². The average Bonchev–Trinajstić information content (AvgIpc) is 2.98. The van der Waals surface area contributed by atoms with Gasteiger partial charge < -0.3 is 20.1 Å². The molecule has 2 rings (SSSR count). The van der Waals surface area contributed by atoms with Crippen LogP contribution in [0.25, 0.3) is 0 Å². The Morgan fingerprint density at radius 2 is 2.16 bits per heavy atom. The van der Waals surface area contributed by atoms with Gasteiger partial charge in [-0.25, -0.2) is 0 Å². The second-order valence-corrected chi connectivity index (χ2v) is 4.68. The molecule has 1 aromatic rings. The number of carbonyl (C=O) groups excluding carboxylic acids is 1. The lowest BCUT2D eigenvalue weighted by molar-refractivity contribution is -0.657. The molecule has 1 aliphatic heterocycles. The van der Waals surface area contributed by atoms with E-state index in [9.17, 15) is 4.79 Å². The van der Waals surface area contributed by atoms with Gasteiger partial charge in [-0.3, -0.25) is 4.79 Å². The average molecular weight is 265 g/mol. The van der Waals surface area contributed by atoms with E-state index in [0.717, 1.165) is 24.9 Å². The Balaban J connectivity index is 1.93. The maximum Gasteiger partial charge on any atom is 0.278 e. The molecule has 1 atom stereocenters. The van der Waals surface area contributed by atoms with Gasteiger partial charge in [0.15, 0.2) is 17.5 Å². The number of rotatable bonds is 5. The first-order valence-corrected chi connectivity index (χ1v) is 6.56. The maximum absolute atomic E-state index is 11.9. The van der Waals surface area contributed by atoms with Crippen LogP contribution in [0.15, 0.2) is 18.2 Å². The predicted molar refractivity (Wildman–Crippen MR) is 71.2 cm³/mol. The van der Waals surface area contributed by atoms with Crippen molar-refractivity contribution in [2.45, 2.75) is 25.4 Å². The molecule has 1 aromatic carbocycles. The lowest BCUT2D eigenvalue weighted by Crippen LogP contribution is -2.89. The van der Waals surface area contributed by atoms with Gasteiger partial charge in [0.05, 0.1) is 20.8 Å². The molecule has 0 aliphatic carbocycles. The summed E-state index contributed by atoms with van der Waals surface area (Å²) in [6.45, 7) is 1.57. The molecular weight excluding hydrogens is 244 g/mol. The van der Waals surface area contributed by atoms with Crippen molar-refractivity contribution >= 4 is 5.91 Å². The van der Waals surface area contributed by atoms with Crippen LogP contribution in [0.5, 0.6) is 11.5 Å². The highest BCUT2D eigenvalue weighted by atomic mass is 16.5. The van der Waals surface area contributed by atoms with Gasteiger partial charge in [-0.2, -0.15) is 0 Å². The molecule has 0 saturated carbocycles. The monoisotopic (exact) mass is 265 g/mol. The third-order valence-electron chi connectivity index (χ3n) is 3.42. The summed E-state index contributed by atoms with van der Waals surface area (Å²) in [4.78, 5) is 11.9. The second-order valence-electron chi connectivity index (χ2n) is 4.68. The van der Waals surface area contributed by atoms with Gasteiger partial charge in [0, 0.05) is 19.4 Å². The van der Waals surface area contributed by atoms with E-state index in [4.69, 9.17) is 9.47 Å². The molecule has 0 aromatic heterocycles. The lowest BCUT2D eigenvalue weighted by Gasteiger charge is -2.11. The Kier molecular flexibility index (Phi) is 4.63. The van der Waals surface area contributed by atoms with Crippen molar-refractivity contribution in [1.29, 1.82) is 0 Å². The molecule has 1 amide bonds. The number of hydrogen-bond acceptors (Lipinski definition) is 3. The van der Waals surface area contributed by atoms with Crippen LogP contribution < -0.4 is 20.1 Å². The third kappa shape index (κ3) is 3.38. The van der Waals surface area contributed by atoms with Crippen molar-refractivity contribution in [3.8, 4) is 11.5 Å². The van der Waals surface area contributed by atoms with Gasteiger partial charge in [0.25, 0.3) is 5.91 Å². The summed E-state index contributed by atoms with van der Waals surface area (Å²) in [6, 6.07) is 5.75. The van der Waals surface area contributed by atoms with E-state index in [0.29, 0.717) is 18.0 Å². The highest BCUT2D eigenvalue weighted by Crippen LogP contribution is 2.27. The molecule has 0 radical (unpaired) electrons. The highest BCUT2D eigenvalue weighted by molar-refractivity contribution is 5.80. The predicted octanol–water partition coefficient (Wildman–Crippen LogP) is 0.0458. The number of carbonyl (C=O) groups is 1. The number of hydrogen-bond donors (Lipinski definition) is 2. The molecule has 5 nitrogen and oxygen atoms in total. The van der Waals surface area contributed by atoms with Gasteiger partial charge in [0.2, 0.25) is 0 Å². The van der Waals surface area contributed by atoms with Crippen molar-refractivity contribution in [2.75, 3.05) is 20.8 Å². The molecule has 1 saturated heterocycles. The number of methoxy groups -OCH3 is 2. The van der Waals surface area contributed by atoms with E-state index in [1.807, 2.05) is 18.2 Å². The number of nitrogens with two attached hydrogens (primary N) is 1. The van der Waals surface area contributed by atoms with E-state index in [1.54, 1.807) is 14.2 Å². The molecule has 0 spiro atoms. The molecule has 0 unspecified atom stereocenters. The summed E-state index contributed by atoms with van der Waals surface area (Å²) in [5.74, 6) is 1.50. The van der Waals surface area contributed by atoms with Crippen LogP contribution in [0.4, 0.5) is 0 Å². The van der Waals surface area contributed by atoms with Crippen LogP contribution in [-0.4, -0.2) is 32.7 Å². The Hall–Kier alpha value is -1.75. The fourth-order valence-electron chi connectivity index (χ4n) is 2.32. The molecule has 1 fully saturated rings. The number of amides is 1. The number of ether oxygens (including phenoxy) is 2. The summed E-state index contributed by atoms with van der Waals surface area (Å²) in [5.41, 5.74) is 1.00. The first-order chi connectivity index (χ1) is 9.24. The molecule has 0 bridgehead atoms. The summed E-state index contributed by atoms with van der Waals surface area (Å²) in [6.07, 6.45) is 2.09. The zero-order chi connectivity index (χ0) is 13.7. The van der Waals surface area contributed by atoms with Gasteiger partial charge in [0.1, 0.15) is 0 Å². The fraction of sp³-hybridized carbons (Fsp3) is 0.500. The largest absolute Gasteiger partial charge is 0.493 e. The fourth-order valence-corrected chi connectivity index (χ4v) is 2.32. The van der Waals surface area contributed by atoms with Crippen molar-refractivity contribution in [3.05, 3.63) is 23.8 Å². The zero-order valence-corrected chi connectivity index (χ0v) is 11.4. The molecular formula is C14H21N2O3+. The van der Waals surface area contributed by atoms with Crippen LogP contribution >= 0.6 is 0 Å². The Bertz CT molecular complexity index is 442. The topological polar surface area (TPSA) is 64.2 Å². The van der Waals surface area contributed by atoms with E-state index in [2.05, 4.69) is 10.6 Å². The zero-order valence-electron chi connectivity index (χ0n) is 11.4. The molecule has 5 heteroatoms.